The minimum absolute atomic E-state index is 0.107. The maximum absolute atomic E-state index is 12.9. The van der Waals surface area contributed by atoms with Crippen LogP contribution < -0.4 is 10.6 Å². The Bertz CT molecular complexity index is 651. The lowest BCUT2D eigenvalue weighted by Gasteiger charge is -2.28. The van der Waals surface area contributed by atoms with Crippen molar-refractivity contribution in [1.82, 2.24) is 20.5 Å². The average molecular weight is 366 g/mol. The van der Waals surface area contributed by atoms with Crippen molar-refractivity contribution in [3.05, 3.63) is 16.6 Å². The first kappa shape index (κ1) is 17.7. The van der Waals surface area contributed by atoms with Gasteiger partial charge in [0.05, 0.1) is 11.2 Å². The zero-order valence-corrected chi connectivity index (χ0v) is 15.0. The van der Waals surface area contributed by atoms with E-state index < -0.39 is 30.2 Å². The molecule has 0 radical (unpaired) electrons. The summed E-state index contributed by atoms with van der Waals surface area (Å²) >= 11 is 1.45. The van der Waals surface area contributed by atoms with Crippen molar-refractivity contribution in [3.8, 4) is 0 Å². The Morgan fingerprint density at radius 3 is 2.88 bits per heavy atom. The van der Waals surface area contributed by atoms with E-state index in [1.165, 1.54) is 11.3 Å². The minimum atomic E-state index is -0.797. The Hall–Kier alpha value is -2.16. The second-order valence-electron chi connectivity index (χ2n) is 6.50. The van der Waals surface area contributed by atoms with Crippen molar-refractivity contribution >= 4 is 29.2 Å². The number of likely N-dealkylation sites (tertiary alicyclic amines) is 1. The molecule has 3 amide bonds. The van der Waals surface area contributed by atoms with Crippen LogP contribution in [0, 0.1) is 0 Å². The highest BCUT2D eigenvalue weighted by molar-refractivity contribution is 7.07. The number of thiazole rings is 1. The highest BCUT2D eigenvalue weighted by Gasteiger charge is 2.39. The summed E-state index contributed by atoms with van der Waals surface area (Å²) in [6.07, 6.45) is 1.06. The molecule has 0 aliphatic carbocycles. The fraction of sp³-hybridized carbons (Fsp3) is 0.625. The number of cyclic esters (lactones) is 1. The van der Waals surface area contributed by atoms with E-state index in [1.807, 2.05) is 17.2 Å². The van der Waals surface area contributed by atoms with Gasteiger partial charge in [-0.1, -0.05) is 0 Å². The maximum atomic E-state index is 12.9. The number of amides is 3. The van der Waals surface area contributed by atoms with Crippen LogP contribution in [0.4, 0.5) is 4.79 Å². The smallest absolute Gasteiger partial charge is 0.408 e. The van der Waals surface area contributed by atoms with Crippen LogP contribution in [0.5, 0.6) is 0 Å². The molecule has 2 aliphatic rings. The van der Waals surface area contributed by atoms with Crippen molar-refractivity contribution < 1.29 is 19.1 Å². The molecule has 0 saturated carbocycles. The summed E-state index contributed by atoms with van der Waals surface area (Å²) in [5.41, 5.74) is 2.46. The van der Waals surface area contributed by atoms with Crippen LogP contribution in [-0.4, -0.2) is 58.6 Å². The first-order valence-electron chi connectivity index (χ1n) is 8.40. The number of alkyl carbamates (subject to hydrolysis) is 1. The summed E-state index contributed by atoms with van der Waals surface area (Å²) in [5.74, 6) is -0.525. The molecule has 3 rings (SSSR count). The van der Waals surface area contributed by atoms with Crippen LogP contribution in [0.15, 0.2) is 10.9 Å². The summed E-state index contributed by atoms with van der Waals surface area (Å²) in [7, 11) is 0. The Kier molecular flexibility index (Phi) is 5.22. The summed E-state index contributed by atoms with van der Waals surface area (Å²) in [5, 5.41) is 7.12. The van der Waals surface area contributed by atoms with Gasteiger partial charge < -0.3 is 20.3 Å². The highest BCUT2D eigenvalue weighted by Crippen LogP contribution is 2.19. The van der Waals surface area contributed by atoms with Gasteiger partial charge in [0.15, 0.2) is 0 Å². The number of nitrogens with one attached hydrogen (secondary N) is 2. The molecule has 1 aromatic heterocycles. The predicted octanol–water partition coefficient (Wildman–Crippen LogP) is 0.678. The SMILES string of the molecule is C[C@@H]1OC(=O)N[C@@H]1C(=O)NC(Cc1cscn1)C(=O)N1CCC[C@H]1C. The molecule has 9 heteroatoms. The zero-order valence-electron chi connectivity index (χ0n) is 14.2. The molecule has 2 fully saturated rings. The highest BCUT2D eigenvalue weighted by atomic mass is 32.1. The van der Waals surface area contributed by atoms with Gasteiger partial charge >= 0.3 is 6.09 Å². The van der Waals surface area contributed by atoms with E-state index in [0.29, 0.717) is 13.0 Å². The summed E-state index contributed by atoms with van der Waals surface area (Å²) < 4.78 is 4.94. The summed E-state index contributed by atoms with van der Waals surface area (Å²) in [4.78, 5) is 42.8. The second-order valence-corrected chi connectivity index (χ2v) is 7.22. The molecule has 2 aliphatic heterocycles. The Labute approximate surface area is 149 Å². The first-order valence-corrected chi connectivity index (χ1v) is 9.35. The number of aromatic nitrogens is 1. The maximum Gasteiger partial charge on any atom is 0.408 e. The lowest BCUT2D eigenvalue weighted by molar-refractivity contribution is -0.137. The van der Waals surface area contributed by atoms with E-state index in [2.05, 4.69) is 15.6 Å². The lowest BCUT2D eigenvalue weighted by Crippen LogP contribution is -2.55. The van der Waals surface area contributed by atoms with E-state index in [0.717, 1.165) is 18.5 Å². The summed E-state index contributed by atoms with van der Waals surface area (Å²) in [6.45, 7) is 4.35. The number of ether oxygens (including phenoxy) is 1. The van der Waals surface area contributed by atoms with Crippen LogP contribution in [0.2, 0.25) is 0 Å². The second kappa shape index (κ2) is 7.38. The molecule has 136 valence electrons. The van der Waals surface area contributed by atoms with Crippen LogP contribution in [0.25, 0.3) is 0 Å². The third-order valence-corrected chi connectivity index (χ3v) is 5.30. The molecule has 8 nitrogen and oxygen atoms in total. The van der Waals surface area contributed by atoms with Gasteiger partial charge in [0.25, 0.3) is 0 Å². The van der Waals surface area contributed by atoms with Crippen LogP contribution in [0.3, 0.4) is 0 Å². The Morgan fingerprint density at radius 2 is 2.32 bits per heavy atom. The minimum Gasteiger partial charge on any atom is -0.444 e. The van der Waals surface area contributed by atoms with E-state index in [1.54, 1.807) is 12.4 Å². The van der Waals surface area contributed by atoms with Crippen LogP contribution in [-0.2, 0) is 20.7 Å². The monoisotopic (exact) mass is 366 g/mol. The normalized spacial score (nSPS) is 26.9. The third kappa shape index (κ3) is 3.92. The molecular formula is C16H22N4O4S. The number of rotatable bonds is 5. The van der Waals surface area contributed by atoms with E-state index in [9.17, 15) is 14.4 Å². The lowest BCUT2D eigenvalue weighted by atomic mass is 10.1. The number of hydrogen-bond acceptors (Lipinski definition) is 6. The summed E-state index contributed by atoms with van der Waals surface area (Å²) in [6, 6.07) is -1.34. The molecule has 0 spiro atoms. The fourth-order valence-electron chi connectivity index (χ4n) is 3.26. The van der Waals surface area contributed by atoms with Crippen molar-refractivity contribution in [2.24, 2.45) is 0 Å². The molecule has 1 aromatic rings. The predicted molar refractivity (Wildman–Crippen MR) is 91.0 cm³/mol. The van der Waals surface area contributed by atoms with E-state index in [-0.39, 0.29) is 11.9 Å². The first-order chi connectivity index (χ1) is 12.0. The molecule has 2 N–H and O–H groups in total. The zero-order chi connectivity index (χ0) is 18.0. The van der Waals surface area contributed by atoms with Gasteiger partial charge in [0.1, 0.15) is 18.2 Å². The molecule has 0 bridgehead atoms. The van der Waals surface area contributed by atoms with Gasteiger partial charge in [-0.2, -0.15) is 0 Å². The molecule has 2 saturated heterocycles. The van der Waals surface area contributed by atoms with Crippen molar-refractivity contribution in [2.75, 3.05) is 6.54 Å². The Balaban J connectivity index is 1.72. The largest absolute Gasteiger partial charge is 0.444 e. The van der Waals surface area contributed by atoms with Crippen molar-refractivity contribution in [2.45, 2.75) is 57.3 Å². The molecule has 0 aromatic carbocycles. The number of carbonyl (C=O) groups excluding carboxylic acids is 3. The van der Waals surface area contributed by atoms with Gasteiger partial charge in [-0.15, -0.1) is 11.3 Å². The van der Waals surface area contributed by atoms with Crippen LogP contribution in [0.1, 0.15) is 32.4 Å². The van der Waals surface area contributed by atoms with Crippen molar-refractivity contribution in [3.63, 3.8) is 0 Å². The van der Waals surface area contributed by atoms with Gasteiger partial charge in [-0.05, 0) is 26.7 Å². The fourth-order valence-corrected chi connectivity index (χ4v) is 3.84. The number of carbonyl (C=O) groups is 3. The average Bonchev–Trinajstić information content (AvgIpc) is 3.28. The van der Waals surface area contributed by atoms with Gasteiger partial charge in [-0.3, -0.25) is 9.59 Å². The third-order valence-electron chi connectivity index (χ3n) is 4.67. The molecule has 1 unspecified atom stereocenters. The van der Waals surface area contributed by atoms with E-state index >= 15 is 0 Å². The van der Waals surface area contributed by atoms with Crippen LogP contribution >= 0.6 is 11.3 Å². The number of hydrogen-bond donors (Lipinski definition) is 2. The van der Waals surface area contributed by atoms with Gasteiger partial charge in [-0.25, -0.2) is 9.78 Å². The molecule has 3 heterocycles. The molecule has 4 atom stereocenters. The van der Waals surface area contributed by atoms with E-state index in [4.69, 9.17) is 4.74 Å². The van der Waals surface area contributed by atoms with Gasteiger partial charge in [0, 0.05) is 24.4 Å². The quantitative estimate of drug-likeness (QED) is 0.798. The molecule has 25 heavy (non-hydrogen) atoms. The standard InChI is InChI=1S/C16H22N4O4S/c1-9-4-3-5-20(9)15(22)12(6-11-7-25-8-17-11)18-14(21)13-10(2)24-16(23)19-13/h7-10,12-13H,3-6H2,1-2H3,(H,18,21)(H,19,23)/t9-,10+,12?,13+/m1/s1. The van der Waals surface area contributed by atoms with Gasteiger partial charge in [0.2, 0.25) is 11.8 Å². The molecular weight excluding hydrogens is 344 g/mol. The Morgan fingerprint density at radius 1 is 1.52 bits per heavy atom. The van der Waals surface area contributed by atoms with Crippen molar-refractivity contribution in [1.29, 1.82) is 0 Å². The number of nitrogens with zero attached hydrogens (tertiary/aromatic N) is 2. The topological polar surface area (TPSA) is 101 Å².